The van der Waals surface area contributed by atoms with E-state index in [1.54, 1.807) is 0 Å². The number of hydrogen-bond acceptors (Lipinski definition) is 2. The van der Waals surface area contributed by atoms with Crippen LogP contribution in [-0.4, -0.2) is 13.2 Å². The standard InChI is InChI=1S/C50H42O2/c1-3-33-51-39-29-25-37(26-30-39)49(45-17-9-5-13-41(45)42-14-6-10-18-46(42)49)35-21-23-36(24-22-35)50(38-27-31-40(32-28-38)52-34-4-2)47-19-11-7-15-43(47)44-16-8-12-20-48(44)50/h5-32H,3-4,33-34H2,1-2H3. The van der Waals surface area contributed by atoms with Gasteiger partial charge in [-0.2, -0.15) is 0 Å². The first-order valence-corrected chi connectivity index (χ1v) is 18.7. The zero-order chi connectivity index (χ0) is 35.1. The van der Waals surface area contributed by atoms with Gasteiger partial charge in [-0.1, -0.05) is 159 Å². The topological polar surface area (TPSA) is 18.5 Å². The number of hydrogen-bond donors (Lipinski definition) is 0. The van der Waals surface area contributed by atoms with E-state index in [0.29, 0.717) is 13.2 Å². The van der Waals surface area contributed by atoms with Crippen molar-refractivity contribution in [3.8, 4) is 33.8 Å². The Labute approximate surface area is 307 Å². The van der Waals surface area contributed by atoms with Crippen molar-refractivity contribution in [2.75, 3.05) is 13.2 Å². The minimum atomic E-state index is -0.494. The molecule has 0 saturated carbocycles. The van der Waals surface area contributed by atoms with Crippen molar-refractivity contribution in [3.63, 3.8) is 0 Å². The maximum Gasteiger partial charge on any atom is 0.119 e. The lowest BCUT2D eigenvalue weighted by Crippen LogP contribution is -2.30. The Kier molecular flexibility index (Phi) is 8.04. The van der Waals surface area contributed by atoms with Crippen molar-refractivity contribution in [2.45, 2.75) is 37.5 Å². The molecule has 0 bridgehead atoms. The fourth-order valence-corrected chi connectivity index (χ4v) is 9.06. The van der Waals surface area contributed by atoms with Gasteiger partial charge in [0.25, 0.3) is 0 Å². The summed E-state index contributed by atoms with van der Waals surface area (Å²) in [6, 6.07) is 62.9. The fraction of sp³-hybridized carbons (Fsp3) is 0.160. The summed E-state index contributed by atoms with van der Waals surface area (Å²) in [6.07, 6.45) is 1.96. The molecular weight excluding hydrogens is 633 g/mol. The molecule has 0 saturated heterocycles. The summed E-state index contributed by atoms with van der Waals surface area (Å²) in [7, 11) is 0. The van der Waals surface area contributed by atoms with Gasteiger partial charge in [-0.25, -0.2) is 0 Å². The molecule has 2 aliphatic carbocycles. The number of ether oxygens (including phenoxy) is 2. The molecule has 52 heavy (non-hydrogen) atoms. The van der Waals surface area contributed by atoms with E-state index in [4.69, 9.17) is 9.47 Å². The third-order valence-electron chi connectivity index (χ3n) is 11.2. The van der Waals surface area contributed by atoms with Gasteiger partial charge >= 0.3 is 0 Å². The van der Waals surface area contributed by atoms with Gasteiger partial charge in [-0.05, 0) is 104 Å². The second-order valence-electron chi connectivity index (χ2n) is 14.0. The van der Waals surface area contributed by atoms with Crippen molar-refractivity contribution in [1.29, 1.82) is 0 Å². The summed E-state index contributed by atoms with van der Waals surface area (Å²) < 4.78 is 12.1. The Balaban J connectivity index is 1.27. The molecule has 7 aromatic rings. The second kappa shape index (κ2) is 13.0. The van der Waals surface area contributed by atoms with Crippen molar-refractivity contribution in [3.05, 3.63) is 214 Å². The minimum Gasteiger partial charge on any atom is -0.494 e. The lowest BCUT2D eigenvalue weighted by atomic mass is 9.65. The van der Waals surface area contributed by atoms with Crippen LogP contribution in [-0.2, 0) is 10.8 Å². The van der Waals surface area contributed by atoms with E-state index in [1.807, 2.05) is 0 Å². The zero-order valence-corrected chi connectivity index (χ0v) is 29.8. The molecule has 0 spiro atoms. The summed E-state index contributed by atoms with van der Waals surface area (Å²) in [6.45, 7) is 5.70. The molecule has 0 fully saturated rings. The molecule has 0 aromatic heterocycles. The molecule has 7 aromatic carbocycles. The largest absolute Gasteiger partial charge is 0.494 e. The maximum absolute atomic E-state index is 6.05. The molecule has 254 valence electrons. The van der Waals surface area contributed by atoms with Crippen LogP contribution >= 0.6 is 0 Å². The molecule has 9 rings (SSSR count). The molecular formula is C50H42O2. The van der Waals surface area contributed by atoms with E-state index in [1.165, 1.54) is 66.8 Å². The van der Waals surface area contributed by atoms with Gasteiger partial charge in [-0.3, -0.25) is 0 Å². The minimum absolute atomic E-state index is 0.494. The highest BCUT2D eigenvalue weighted by atomic mass is 16.5. The fourth-order valence-electron chi connectivity index (χ4n) is 9.06. The molecule has 0 aliphatic heterocycles. The van der Waals surface area contributed by atoms with E-state index in [-0.39, 0.29) is 0 Å². The molecule has 0 atom stereocenters. The van der Waals surface area contributed by atoms with Gasteiger partial charge in [0.05, 0.1) is 24.0 Å². The third-order valence-corrected chi connectivity index (χ3v) is 11.2. The van der Waals surface area contributed by atoms with E-state index >= 15 is 0 Å². The summed E-state index contributed by atoms with van der Waals surface area (Å²) in [4.78, 5) is 0. The van der Waals surface area contributed by atoms with Gasteiger partial charge < -0.3 is 9.47 Å². The van der Waals surface area contributed by atoms with Crippen LogP contribution in [0, 0.1) is 0 Å². The van der Waals surface area contributed by atoms with Gasteiger partial charge in [-0.15, -0.1) is 0 Å². The zero-order valence-electron chi connectivity index (χ0n) is 29.8. The molecule has 2 nitrogen and oxygen atoms in total. The van der Waals surface area contributed by atoms with E-state index in [2.05, 4.69) is 184 Å². The SMILES string of the molecule is CCCOc1ccc(C2(c3ccc(C4(c5ccc(OCCC)cc5)c5ccccc5-c5ccccc54)cc3)c3ccccc3-c3ccccc32)cc1. The predicted molar refractivity (Wildman–Crippen MR) is 213 cm³/mol. The summed E-state index contributed by atoms with van der Waals surface area (Å²) >= 11 is 0. The Morgan fingerprint density at radius 2 is 0.577 bits per heavy atom. The van der Waals surface area contributed by atoms with Gasteiger partial charge in [0, 0.05) is 0 Å². The first-order valence-electron chi connectivity index (χ1n) is 18.7. The average molecular weight is 675 g/mol. The monoisotopic (exact) mass is 674 g/mol. The van der Waals surface area contributed by atoms with Crippen molar-refractivity contribution < 1.29 is 9.47 Å². The highest BCUT2D eigenvalue weighted by Gasteiger charge is 2.48. The summed E-state index contributed by atoms with van der Waals surface area (Å²) in [5.74, 6) is 1.81. The van der Waals surface area contributed by atoms with Crippen molar-refractivity contribution in [1.82, 2.24) is 0 Å². The quantitative estimate of drug-likeness (QED) is 0.144. The highest BCUT2D eigenvalue weighted by Crippen LogP contribution is 2.59. The summed E-state index contributed by atoms with van der Waals surface area (Å²) in [5, 5.41) is 0. The van der Waals surface area contributed by atoms with Crippen molar-refractivity contribution >= 4 is 0 Å². The van der Waals surface area contributed by atoms with Crippen LogP contribution < -0.4 is 9.47 Å². The Morgan fingerprint density at radius 3 is 0.846 bits per heavy atom. The van der Waals surface area contributed by atoms with Gasteiger partial charge in [0.15, 0.2) is 0 Å². The van der Waals surface area contributed by atoms with Crippen LogP contribution in [0.1, 0.15) is 71.2 Å². The number of fused-ring (bicyclic) bond motifs is 6. The lowest BCUT2D eigenvalue weighted by molar-refractivity contribution is 0.317. The number of rotatable bonds is 10. The first kappa shape index (κ1) is 32.1. The summed E-state index contributed by atoms with van der Waals surface area (Å²) in [5.41, 5.74) is 14.3. The lowest BCUT2D eigenvalue weighted by Gasteiger charge is -2.36. The third kappa shape index (κ3) is 4.70. The molecule has 0 heterocycles. The highest BCUT2D eigenvalue weighted by molar-refractivity contribution is 5.88. The van der Waals surface area contributed by atoms with E-state index in [0.717, 1.165) is 24.3 Å². The molecule has 0 N–H and O–H groups in total. The van der Waals surface area contributed by atoms with Crippen LogP contribution in [0.5, 0.6) is 11.5 Å². The molecule has 0 radical (unpaired) electrons. The molecule has 0 amide bonds. The smallest absolute Gasteiger partial charge is 0.119 e. The van der Waals surface area contributed by atoms with Gasteiger partial charge in [0.1, 0.15) is 11.5 Å². The van der Waals surface area contributed by atoms with Gasteiger partial charge in [0.2, 0.25) is 0 Å². The molecule has 2 aliphatic rings. The Morgan fingerprint density at radius 1 is 0.327 bits per heavy atom. The maximum atomic E-state index is 6.05. The van der Waals surface area contributed by atoms with Crippen LogP contribution in [0.25, 0.3) is 22.3 Å². The second-order valence-corrected chi connectivity index (χ2v) is 14.0. The van der Waals surface area contributed by atoms with Crippen LogP contribution in [0.4, 0.5) is 0 Å². The van der Waals surface area contributed by atoms with E-state index in [9.17, 15) is 0 Å². The predicted octanol–water partition coefficient (Wildman–Crippen LogP) is 12.0. The van der Waals surface area contributed by atoms with E-state index < -0.39 is 10.8 Å². The Hall–Kier alpha value is -5.86. The first-order chi connectivity index (χ1) is 25.7. The normalized spacial score (nSPS) is 14.2. The molecule has 2 heteroatoms. The number of benzene rings is 7. The van der Waals surface area contributed by atoms with Crippen LogP contribution in [0.2, 0.25) is 0 Å². The molecule has 0 unspecified atom stereocenters. The van der Waals surface area contributed by atoms with Crippen molar-refractivity contribution in [2.24, 2.45) is 0 Å². The van der Waals surface area contributed by atoms with Crippen LogP contribution in [0.15, 0.2) is 170 Å². The van der Waals surface area contributed by atoms with Crippen LogP contribution in [0.3, 0.4) is 0 Å². The Bertz CT molecular complexity index is 2110. The average Bonchev–Trinajstić information content (AvgIpc) is 3.69.